The molecule has 11 heteroatoms. The molecule has 0 radical (unpaired) electrons. The number of nitrogens with one attached hydrogen (secondary N) is 2. The summed E-state index contributed by atoms with van der Waals surface area (Å²) in [7, 11) is -3.37. The van der Waals surface area contributed by atoms with Gasteiger partial charge in [0.1, 0.15) is 11.6 Å². The molecule has 3 aliphatic heterocycles. The second-order valence-electron chi connectivity index (χ2n) is 12.2. The fourth-order valence-corrected chi connectivity index (χ4v) is 8.88. The number of nitrogens with zero attached hydrogens (tertiary/aromatic N) is 1. The van der Waals surface area contributed by atoms with Crippen molar-refractivity contribution in [1.82, 2.24) is 9.62 Å². The van der Waals surface area contributed by atoms with Crippen LogP contribution in [0, 0.1) is 17.6 Å². The summed E-state index contributed by atoms with van der Waals surface area (Å²) in [5.41, 5.74) is 8.07. The zero-order valence-corrected chi connectivity index (χ0v) is 25.1. The minimum Gasteiger partial charge on any atom is -0.376 e. The highest BCUT2D eigenvalue weighted by atomic mass is 32.2. The van der Waals surface area contributed by atoms with Crippen LogP contribution in [0.5, 0.6) is 0 Å². The van der Waals surface area contributed by atoms with Crippen LogP contribution in [-0.4, -0.2) is 67.8 Å². The number of rotatable bonds is 8. The predicted octanol–water partition coefficient (Wildman–Crippen LogP) is 3.92. The standard InChI is InChI=1S/C31H42F2N4O4S/c1-19-15-22(16-20(2)41-19)29(21-8-10-23(32)11-9-21)30(34)31(38)36-28-7-3-6-27(33)26(28)13-12-25-17-35-24-5-4-14-42(39,40)37(25)18-24/h3,6-11,19-20,22,24-25,29-30,35H,4-5,12-18,34H2,1-2H3,(H,36,38)/t19-,20-,24-,25+,29?,30?/m1/s1. The number of amides is 1. The first-order valence-corrected chi connectivity index (χ1v) is 16.6. The number of hydrogen-bond donors (Lipinski definition) is 3. The number of nitrogens with two attached hydrogens (primary N) is 1. The molecule has 2 bridgehead atoms. The van der Waals surface area contributed by atoms with Crippen LogP contribution in [0.2, 0.25) is 0 Å². The molecule has 3 unspecified atom stereocenters. The number of carbonyl (C=O) groups excluding carboxylic acids is 1. The fraction of sp³-hybridized carbons (Fsp3) is 0.581. The minimum atomic E-state index is -3.37. The van der Waals surface area contributed by atoms with E-state index in [9.17, 15) is 17.6 Å². The molecule has 4 N–H and O–H groups in total. The van der Waals surface area contributed by atoms with Crippen molar-refractivity contribution in [3.05, 3.63) is 65.2 Å². The topological polar surface area (TPSA) is 114 Å². The quantitative estimate of drug-likeness (QED) is 0.421. The molecule has 0 spiro atoms. The van der Waals surface area contributed by atoms with Crippen molar-refractivity contribution in [1.29, 1.82) is 0 Å². The molecular formula is C31H42F2N4O4S. The molecule has 0 aliphatic carbocycles. The van der Waals surface area contributed by atoms with Gasteiger partial charge in [-0.1, -0.05) is 18.2 Å². The van der Waals surface area contributed by atoms with E-state index in [0.29, 0.717) is 50.0 Å². The largest absolute Gasteiger partial charge is 0.376 e. The van der Waals surface area contributed by atoms with Gasteiger partial charge in [-0.15, -0.1) is 0 Å². The van der Waals surface area contributed by atoms with E-state index in [1.807, 2.05) is 13.8 Å². The second kappa shape index (κ2) is 13.1. The molecule has 2 aromatic rings. The zero-order chi connectivity index (χ0) is 30.0. The predicted molar refractivity (Wildman–Crippen MR) is 159 cm³/mol. The molecule has 0 aromatic heterocycles. The molecule has 8 nitrogen and oxygen atoms in total. The van der Waals surface area contributed by atoms with Gasteiger partial charge in [-0.05, 0) is 88.1 Å². The minimum absolute atomic E-state index is 0.00986. The van der Waals surface area contributed by atoms with Gasteiger partial charge >= 0.3 is 0 Å². The van der Waals surface area contributed by atoms with Crippen molar-refractivity contribution in [2.24, 2.45) is 11.7 Å². The summed E-state index contributed by atoms with van der Waals surface area (Å²) in [4.78, 5) is 13.7. The monoisotopic (exact) mass is 604 g/mol. The molecule has 5 rings (SSSR count). The van der Waals surface area contributed by atoms with Crippen LogP contribution in [0.4, 0.5) is 14.5 Å². The van der Waals surface area contributed by atoms with Crippen LogP contribution in [0.25, 0.3) is 0 Å². The summed E-state index contributed by atoms with van der Waals surface area (Å²) in [5, 5.41) is 6.32. The van der Waals surface area contributed by atoms with E-state index in [1.165, 1.54) is 24.3 Å². The molecule has 3 aliphatic rings. The van der Waals surface area contributed by atoms with Crippen molar-refractivity contribution in [2.75, 3.05) is 24.2 Å². The lowest BCUT2D eigenvalue weighted by molar-refractivity contribution is -0.119. The third-order valence-electron chi connectivity index (χ3n) is 9.05. The van der Waals surface area contributed by atoms with Crippen LogP contribution in [-0.2, 0) is 26.0 Å². The fourth-order valence-electron chi connectivity index (χ4n) is 7.07. The van der Waals surface area contributed by atoms with Gasteiger partial charge in [-0.2, -0.15) is 4.31 Å². The number of anilines is 1. The molecule has 2 aromatic carbocycles. The Bertz CT molecular complexity index is 1350. The highest BCUT2D eigenvalue weighted by Gasteiger charge is 2.39. The lowest BCUT2D eigenvalue weighted by Gasteiger charge is -2.39. The first-order chi connectivity index (χ1) is 20.0. The van der Waals surface area contributed by atoms with E-state index in [-0.39, 0.29) is 48.2 Å². The Morgan fingerprint density at radius 1 is 1.14 bits per heavy atom. The first kappa shape index (κ1) is 31.0. The Balaban J connectivity index is 1.34. The number of fused-ring (bicyclic) bond motifs is 2. The van der Waals surface area contributed by atoms with E-state index >= 15 is 4.39 Å². The van der Waals surface area contributed by atoms with Gasteiger partial charge in [-0.3, -0.25) is 4.79 Å². The number of carbonyl (C=O) groups is 1. The molecular weight excluding hydrogens is 562 g/mol. The number of sulfonamides is 1. The van der Waals surface area contributed by atoms with Crippen molar-refractivity contribution in [2.45, 2.75) is 88.6 Å². The summed E-state index contributed by atoms with van der Waals surface area (Å²) in [6.45, 7) is 4.92. The van der Waals surface area contributed by atoms with Gasteiger partial charge in [-0.25, -0.2) is 17.2 Å². The Kier molecular flexibility index (Phi) is 9.63. The molecule has 1 amide bonds. The zero-order valence-electron chi connectivity index (χ0n) is 24.3. The average molecular weight is 605 g/mol. The van der Waals surface area contributed by atoms with E-state index in [0.717, 1.165) is 12.0 Å². The Morgan fingerprint density at radius 2 is 1.86 bits per heavy atom. The maximum Gasteiger partial charge on any atom is 0.241 e. The van der Waals surface area contributed by atoms with Crippen molar-refractivity contribution >= 4 is 21.6 Å². The van der Waals surface area contributed by atoms with Crippen LogP contribution < -0.4 is 16.4 Å². The lowest BCUT2D eigenvalue weighted by Crippen LogP contribution is -2.57. The summed E-state index contributed by atoms with van der Waals surface area (Å²) < 4.78 is 62.2. The molecule has 42 heavy (non-hydrogen) atoms. The maximum absolute atomic E-state index is 15.2. The smallest absolute Gasteiger partial charge is 0.241 e. The second-order valence-corrected chi connectivity index (χ2v) is 14.2. The van der Waals surface area contributed by atoms with E-state index < -0.39 is 33.7 Å². The van der Waals surface area contributed by atoms with Gasteiger partial charge in [0.05, 0.1) is 24.0 Å². The highest BCUT2D eigenvalue weighted by molar-refractivity contribution is 7.89. The number of ether oxygens (including phenoxy) is 1. The van der Waals surface area contributed by atoms with Gasteiger partial charge in [0.15, 0.2) is 0 Å². The Morgan fingerprint density at radius 3 is 2.57 bits per heavy atom. The highest BCUT2D eigenvalue weighted by Crippen LogP contribution is 2.39. The van der Waals surface area contributed by atoms with Crippen LogP contribution in [0.1, 0.15) is 63.0 Å². The normalized spacial score (nSPS) is 30.6. The van der Waals surface area contributed by atoms with Crippen molar-refractivity contribution in [3.8, 4) is 0 Å². The number of halogens is 2. The van der Waals surface area contributed by atoms with E-state index in [1.54, 1.807) is 22.5 Å². The summed E-state index contributed by atoms with van der Waals surface area (Å²) >= 11 is 0. The third-order valence-corrected chi connectivity index (χ3v) is 11.0. The van der Waals surface area contributed by atoms with Crippen LogP contribution >= 0.6 is 0 Å². The summed E-state index contributed by atoms with van der Waals surface area (Å²) in [6, 6.07) is 9.47. The molecule has 3 saturated heterocycles. The van der Waals surface area contributed by atoms with Crippen molar-refractivity contribution < 1.29 is 26.7 Å². The molecule has 3 fully saturated rings. The number of benzene rings is 2. The van der Waals surface area contributed by atoms with E-state index in [4.69, 9.17) is 10.5 Å². The average Bonchev–Trinajstić information content (AvgIpc) is 3.05. The van der Waals surface area contributed by atoms with Crippen LogP contribution in [0.3, 0.4) is 0 Å². The molecule has 7 atom stereocenters. The first-order valence-electron chi connectivity index (χ1n) is 15.0. The summed E-state index contributed by atoms with van der Waals surface area (Å²) in [5.74, 6) is -1.54. The van der Waals surface area contributed by atoms with Gasteiger partial charge < -0.3 is 21.1 Å². The van der Waals surface area contributed by atoms with Gasteiger partial charge in [0, 0.05) is 42.3 Å². The lowest BCUT2D eigenvalue weighted by atomic mass is 9.74. The maximum atomic E-state index is 15.2. The molecule has 3 heterocycles. The van der Waals surface area contributed by atoms with Gasteiger partial charge in [0.25, 0.3) is 0 Å². The van der Waals surface area contributed by atoms with Crippen molar-refractivity contribution in [3.63, 3.8) is 0 Å². The van der Waals surface area contributed by atoms with Gasteiger partial charge in [0.2, 0.25) is 15.9 Å². The SMILES string of the molecule is C[C@@H]1CC(C(c2ccc(F)cc2)C(N)C(=O)Nc2cccc(F)c2CC[C@H]2CN[C@@H]3CCCS(=O)(=O)N2C3)C[C@@H](C)O1. The number of piperazine rings is 1. The molecule has 230 valence electrons. The number of hydrogen-bond acceptors (Lipinski definition) is 6. The molecule has 0 saturated carbocycles. The van der Waals surface area contributed by atoms with E-state index in [2.05, 4.69) is 10.6 Å². The third kappa shape index (κ3) is 7.02. The Labute approximate surface area is 247 Å². The Hall–Kier alpha value is -2.44. The van der Waals surface area contributed by atoms with Crippen LogP contribution in [0.15, 0.2) is 42.5 Å². The summed E-state index contributed by atoms with van der Waals surface area (Å²) in [6.07, 6.45) is 3.48.